The molecule has 2 unspecified atom stereocenters. The molecule has 9 nitrogen and oxygen atoms in total. The van der Waals surface area contributed by atoms with Gasteiger partial charge in [0.1, 0.15) is 17.9 Å². The lowest BCUT2D eigenvalue weighted by Crippen LogP contribution is -2.52. The first kappa shape index (κ1) is 27.0. The Morgan fingerprint density at radius 2 is 2.14 bits per heavy atom. The van der Waals surface area contributed by atoms with Crippen molar-refractivity contribution in [3.05, 3.63) is 62.5 Å². The zero-order chi connectivity index (χ0) is 26.7. The van der Waals surface area contributed by atoms with Gasteiger partial charge in [0.15, 0.2) is 17.5 Å². The third kappa shape index (κ3) is 6.44. The maximum atomic E-state index is 13.8. The number of rotatable bonds is 7. The molecule has 4 rings (SSSR count). The van der Waals surface area contributed by atoms with Gasteiger partial charge in [-0.1, -0.05) is 17.7 Å². The number of hydrogen-bond donors (Lipinski definition) is 2. The van der Waals surface area contributed by atoms with Gasteiger partial charge in [0.25, 0.3) is 0 Å². The average molecular weight is 563 g/mol. The number of aromatic nitrogens is 1. The second-order valence-corrected chi connectivity index (χ2v) is 9.29. The summed E-state index contributed by atoms with van der Waals surface area (Å²) in [4.78, 5) is 35.0. The van der Waals surface area contributed by atoms with Gasteiger partial charge >= 0.3 is 18.1 Å². The van der Waals surface area contributed by atoms with Crippen molar-refractivity contribution in [1.29, 1.82) is 0 Å². The monoisotopic (exact) mass is 562 g/mol. The minimum atomic E-state index is -4.80. The number of carboxylic acids is 1. The van der Waals surface area contributed by atoms with Crippen molar-refractivity contribution >= 4 is 40.7 Å². The number of nitrogens with zero attached hydrogens (tertiary/aromatic N) is 3. The summed E-state index contributed by atoms with van der Waals surface area (Å²) >= 11 is 7.45. The number of benzene rings is 1. The Kier molecular flexibility index (Phi) is 8.11. The van der Waals surface area contributed by atoms with Crippen LogP contribution >= 0.6 is 22.9 Å². The number of ether oxygens (including phenoxy) is 2. The number of nitrogens with one attached hydrogen (secondary N) is 1. The third-order valence-corrected chi connectivity index (χ3v) is 6.60. The summed E-state index contributed by atoms with van der Waals surface area (Å²) in [6.45, 7) is -1.82. The summed E-state index contributed by atoms with van der Waals surface area (Å²) in [7, 11) is 0. The smallest absolute Gasteiger partial charge is 0.422 e. The summed E-state index contributed by atoms with van der Waals surface area (Å²) in [6, 6.07) is 0.944. The molecule has 1 aromatic heterocycles. The van der Waals surface area contributed by atoms with Gasteiger partial charge in [-0.2, -0.15) is 13.2 Å². The quantitative estimate of drug-likeness (QED) is 0.391. The minimum absolute atomic E-state index is 0.0471. The van der Waals surface area contributed by atoms with Gasteiger partial charge in [0, 0.05) is 40.9 Å². The zero-order valence-electron chi connectivity index (χ0n) is 18.8. The molecule has 1 fully saturated rings. The van der Waals surface area contributed by atoms with Crippen LogP contribution in [0.3, 0.4) is 0 Å². The lowest BCUT2D eigenvalue weighted by atomic mass is 9.95. The van der Waals surface area contributed by atoms with Crippen LogP contribution in [0.1, 0.15) is 16.6 Å². The van der Waals surface area contributed by atoms with Gasteiger partial charge in [-0.25, -0.2) is 14.2 Å². The number of morpholine rings is 1. The molecule has 0 radical (unpaired) electrons. The molecular formula is C22H19ClF4N4O5S. The summed E-state index contributed by atoms with van der Waals surface area (Å²) in [6.07, 6.45) is -3.29. The number of carboxylic acid groups (broad SMARTS) is 1. The number of alkyl halides is 3. The first-order valence-corrected chi connectivity index (χ1v) is 12.0. The maximum Gasteiger partial charge on any atom is 0.422 e. The lowest BCUT2D eigenvalue weighted by molar-refractivity contribution is -0.183. The number of amidine groups is 1. The Labute approximate surface area is 216 Å². The van der Waals surface area contributed by atoms with Crippen molar-refractivity contribution in [2.24, 2.45) is 4.99 Å². The van der Waals surface area contributed by atoms with E-state index in [1.807, 2.05) is 0 Å². The molecule has 15 heteroatoms. The molecule has 2 aliphatic heterocycles. The van der Waals surface area contributed by atoms with Crippen molar-refractivity contribution < 1.29 is 41.7 Å². The van der Waals surface area contributed by atoms with Crippen molar-refractivity contribution in [2.75, 3.05) is 32.9 Å². The molecule has 0 saturated carbocycles. The molecular weight excluding hydrogens is 544 g/mol. The zero-order valence-corrected chi connectivity index (χ0v) is 20.4. The Morgan fingerprint density at radius 1 is 1.35 bits per heavy atom. The average Bonchev–Trinajstić information content (AvgIpc) is 3.37. The van der Waals surface area contributed by atoms with Crippen molar-refractivity contribution in [2.45, 2.75) is 18.3 Å². The second-order valence-electron chi connectivity index (χ2n) is 7.99. The van der Waals surface area contributed by atoms with Crippen LogP contribution in [0.2, 0.25) is 5.02 Å². The molecule has 198 valence electrons. The molecule has 2 aliphatic rings. The normalized spacial score (nSPS) is 20.8. The predicted octanol–water partition coefficient (Wildman–Crippen LogP) is 3.17. The largest absolute Gasteiger partial charge is 0.480 e. The van der Waals surface area contributed by atoms with Crippen LogP contribution in [0.5, 0.6) is 0 Å². The lowest BCUT2D eigenvalue weighted by Gasteiger charge is -2.35. The fourth-order valence-electron chi connectivity index (χ4n) is 3.84. The van der Waals surface area contributed by atoms with E-state index in [2.05, 4.69) is 20.0 Å². The Morgan fingerprint density at radius 3 is 2.78 bits per heavy atom. The number of thiazole rings is 1. The fraction of sp³-hybridized carbons (Fsp3) is 0.364. The van der Waals surface area contributed by atoms with E-state index < -0.39 is 42.6 Å². The molecule has 0 aliphatic carbocycles. The summed E-state index contributed by atoms with van der Waals surface area (Å²) < 4.78 is 62.2. The SMILES string of the molecule is O=C(OCC(F)(F)F)C1=C(CN2CCOCC2C(=O)O)NC(c2nccs2)=NC1c1ccc(F)cc1Cl. The van der Waals surface area contributed by atoms with Gasteiger partial charge in [-0.15, -0.1) is 11.3 Å². The van der Waals surface area contributed by atoms with E-state index in [1.54, 1.807) is 5.38 Å². The highest BCUT2D eigenvalue weighted by atomic mass is 35.5. The van der Waals surface area contributed by atoms with E-state index in [-0.39, 0.29) is 54.0 Å². The van der Waals surface area contributed by atoms with Crippen LogP contribution < -0.4 is 5.32 Å². The van der Waals surface area contributed by atoms with Crippen LogP contribution in [-0.4, -0.2) is 77.9 Å². The van der Waals surface area contributed by atoms with Gasteiger partial charge in [0.2, 0.25) is 0 Å². The maximum absolute atomic E-state index is 13.8. The number of carbonyl (C=O) groups is 2. The highest BCUT2D eigenvalue weighted by Crippen LogP contribution is 2.37. The molecule has 0 bridgehead atoms. The molecule has 0 spiro atoms. The Hall–Kier alpha value is -3.07. The number of hydrogen-bond acceptors (Lipinski definition) is 9. The minimum Gasteiger partial charge on any atom is -0.480 e. The van der Waals surface area contributed by atoms with Crippen LogP contribution in [0.25, 0.3) is 0 Å². The number of aliphatic carboxylic acids is 1. The van der Waals surface area contributed by atoms with Gasteiger partial charge < -0.3 is 19.9 Å². The van der Waals surface area contributed by atoms with E-state index in [9.17, 15) is 32.3 Å². The van der Waals surface area contributed by atoms with E-state index in [4.69, 9.17) is 16.3 Å². The molecule has 0 amide bonds. The Bertz CT molecular complexity index is 1240. The topological polar surface area (TPSA) is 113 Å². The van der Waals surface area contributed by atoms with E-state index in [0.29, 0.717) is 5.01 Å². The van der Waals surface area contributed by atoms with Crippen LogP contribution in [-0.2, 0) is 19.1 Å². The van der Waals surface area contributed by atoms with E-state index in [0.717, 1.165) is 12.1 Å². The summed E-state index contributed by atoms with van der Waals surface area (Å²) in [5.41, 5.74) is -0.147. The fourth-order valence-corrected chi connectivity index (χ4v) is 4.70. The van der Waals surface area contributed by atoms with Crippen LogP contribution in [0.15, 0.2) is 46.0 Å². The predicted molar refractivity (Wildman–Crippen MR) is 124 cm³/mol. The molecule has 2 atom stereocenters. The van der Waals surface area contributed by atoms with Crippen molar-refractivity contribution in [3.8, 4) is 0 Å². The first-order valence-electron chi connectivity index (χ1n) is 10.7. The van der Waals surface area contributed by atoms with Crippen LogP contribution in [0.4, 0.5) is 17.6 Å². The second kappa shape index (κ2) is 11.1. The molecule has 3 heterocycles. The van der Waals surface area contributed by atoms with Gasteiger partial charge in [-0.3, -0.25) is 14.7 Å². The van der Waals surface area contributed by atoms with Gasteiger partial charge in [-0.05, 0) is 12.1 Å². The molecule has 2 N–H and O–H groups in total. The number of carbonyl (C=O) groups excluding carboxylic acids is 1. The summed E-state index contributed by atoms with van der Waals surface area (Å²) in [5, 5.41) is 14.5. The highest BCUT2D eigenvalue weighted by Gasteiger charge is 2.39. The van der Waals surface area contributed by atoms with Crippen molar-refractivity contribution in [1.82, 2.24) is 15.2 Å². The standard InChI is InChI=1S/C22H19ClF4N4O5S/c23-13-7-11(24)1-2-12(13)17-16(21(34)36-10-22(25,26)27)14(29-18(30-17)19-28-3-6-37-19)8-31-4-5-35-9-15(31)20(32)33/h1-3,6-7,15,17H,4-5,8-10H2,(H,29,30)(H,32,33). The number of halogens is 5. The molecule has 1 aromatic carbocycles. The third-order valence-electron chi connectivity index (χ3n) is 5.49. The van der Waals surface area contributed by atoms with Crippen LogP contribution in [0, 0.1) is 5.82 Å². The highest BCUT2D eigenvalue weighted by molar-refractivity contribution is 7.11. The molecule has 2 aromatic rings. The number of esters is 1. The van der Waals surface area contributed by atoms with E-state index in [1.165, 1.54) is 28.5 Å². The van der Waals surface area contributed by atoms with Gasteiger partial charge in [0.05, 0.1) is 18.8 Å². The number of aliphatic imine (C=N–C) groups is 1. The Balaban J connectivity index is 1.83. The molecule has 1 saturated heterocycles. The summed E-state index contributed by atoms with van der Waals surface area (Å²) in [5.74, 6) is -3.02. The van der Waals surface area contributed by atoms with Crippen molar-refractivity contribution in [3.63, 3.8) is 0 Å². The first-order chi connectivity index (χ1) is 17.5. The molecule has 37 heavy (non-hydrogen) atoms. The van der Waals surface area contributed by atoms with E-state index >= 15 is 0 Å².